The number of aromatic nitrogens is 1. The Kier molecular flexibility index (Phi) is 3.65. The Morgan fingerprint density at radius 2 is 2.00 bits per heavy atom. The van der Waals surface area contributed by atoms with Gasteiger partial charge in [-0.1, -0.05) is 20.3 Å². The number of fused-ring (bicyclic) bond motifs is 1. The third-order valence-electron chi connectivity index (χ3n) is 3.91. The molecule has 0 saturated heterocycles. The largest absolute Gasteiger partial charge is 0.478 e. The third-order valence-corrected chi connectivity index (χ3v) is 3.91. The van der Waals surface area contributed by atoms with Crippen molar-refractivity contribution in [3.05, 3.63) is 34.5 Å². The van der Waals surface area contributed by atoms with Crippen molar-refractivity contribution in [1.29, 1.82) is 0 Å². The average Bonchev–Trinajstić information content (AvgIpc) is 2.63. The lowest BCUT2D eigenvalue weighted by atomic mass is 10.00. The van der Waals surface area contributed by atoms with Crippen molar-refractivity contribution in [3.8, 4) is 0 Å². The quantitative estimate of drug-likeness (QED) is 0.909. The summed E-state index contributed by atoms with van der Waals surface area (Å²) < 4.78 is 2.02. The Morgan fingerprint density at radius 1 is 1.32 bits per heavy atom. The van der Waals surface area contributed by atoms with E-state index >= 15 is 0 Å². The fraction of sp³-hybridized carbons (Fsp3) is 0.438. The number of rotatable bonds is 4. The van der Waals surface area contributed by atoms with E-state index in [1.54, 1.807) is 6.07 Å². The van der Waals surface area contributed by atoms with Crippen molar-refractivity contribution in [2.75, 3.05) is 0 Å². The molecule has 1 aromatic carbocycles. The summed E-state index contributed by atoms with van der Waals surface area (Å²) >= 11 is 0. The minimum Gasteiger partial charge on any atom is -0.478 e. The maximum Gasteiger partial charge on any atom is 0.337 e. The molecule has 0 radical (unpaired) electrons. The number of benzene rings is 1. The van der Waals surface area contributed by atoms with E-state index in [4.69, 9.17) is 0 Å². The molecule has 0 fully saturated rings. The molecule has 0 amide bonds. The summed E-state index contributed by atoms with van der Waals surface area (Å²) in [7, 11) is 1.95. The molecule has 0 saturated carbocycles. The molecule has 0 aliphatic carbocycles. The lowest BCUT2D eigenvalue weighted by Gasteiger charge is -2.06. The van der Waals surface area contributed by atoms with Gasteiger partial charge in [-0.25, -0.2) is 4.79 Å². The van der Waals surface area contributed by atoms with Gasteiger partial charge in [-0.3, -0.25) is 0 Å². The van der Waals surface area contributed by atoms with Gasteiger partial charge in [-0.15, -0.1) is 0 Å². The first-order valence-corrected chi connectivity index (χ1v) is 6.85. The van der Waals surface area contributed by atoms with Crippen LogP contribution in [0.2, 0.25) is 0 Å². The van der Waals surface area contributed by atoms with Gasteiger partial charge in [0.15, 0.2) is 0 Å². The number of carboxylic acids is 1. The molecule has 0 aliphatic heterocycles. The van der Waals surface area contributed by atoms with Crippen LogP contribution in [0.5, 0.6) is 0 Å². The molecule has 1 aromatic heterocycles. The Morgan fingerprint density at radius 3 is 2.53 bits per heavy atom. The number of hydrogen-bond donors (Lipinski definition) is 1. The fourth-order valence-electron chi connectivity index (χ4n) is 2.78. The van der Waals surface area contributed by atoms with Crippen LogP contribution >= 0.6 is 0 Å². The first kappa shape index (κ1) is 13.7. The van der Waals surface area contributed by atoms with Crippen LogP contribution in [0, 0.1) is 6.92 Å². The molecule has 0 atom stereocenters. The molecule has 0 unspecified atom stereocenters. The second kappa shape index (κ2) is 5.08. The monoisotopic (exact) mass is 259 g/mol. The van der Waals surface area contributed by atoms with E-state index in [2.05, 4.69) is 26.8 Å². The molecule has 3 heteroatoms. The normalized spacial score (nSPS) is 11.2. The summed E-state index contributed by atoms with van der Waals surface area (Å²) in [4.78, 5) is 11.5. The maximum atomic E-state index is 11.5. The van der Waals surface area contributed by atoms with Crippen molar-refractivity contribution in [3.63, 3.8) is 0 Å². The van der Waals surface area contributed by atoms with Gasteiger partial charge in [-0.05, 0) is 43.0 Å². The Bertz CT molecular complexity index is 638. The molecule has 1 heterocycles. The number of aryl methyl sites for hydroxylation is 3. The Balaban J connectivity index is 2.88. The summed E-state index contributed by atoms with van der Waals surface area (Å²) in [5.74, 6) is -0.844. The SMILES string of the molecule is CCCc1c(C)n(C)c2c(C(=O)O)cc(CC)cc12. The Hall–Kier alpha value is -1.77. The molecule has 102 valence electrons. The van der Waals surface area contributed by atoms with Gasteiger partial charge < -0.3 is 9.67 Å². The minimum absolute atomic E-state index is 0.419. The summed E-state index contributed by atoms with van der Waals surface area (Å²) in [5.41, 5.74) is 4.83. The van der Waals surface area contributed by atoms with E-state index in [-0.39, 0.29) is 0 Å². The zero-order chi connectivity index (χ0) is 14.2. The minimum atomic E-state index is -0.844. The molecule has 2 rings (SSSR count). The zero-order valence-corrected chi connectivity index (χ0v) is 12.1. The second-order valence-corrected chi connectivity index (χ2v) is 5.07. The van der Waals surface area contributed by atoms with Crippen LogP contribution < -0.4 is 0 Å². The van der Waals surface area contributed by atoms with Gasteiger partial charge in [0.05, 0.1) is 11.1 Å². The van der Waals surface area contributed by atoms with Crippen molar-refractivity contribution in [2.24, 2.45) is 7.05 Å². The van der Waals surface area contributed by atoms with Crippen LogP contribution in [0.1, 0.15) is 47.4 Å². The van der Waals surface area contributed by atoms with Crippen molar-refractivity contribution >= 4 is 16.9 Å². The van der Waals surface area contributed by atoms with Gasteiger partial charge in [-0.2, -0.15) is 0 Å². The van der Waals surface area contributed by atoms with E-state index in [9.17, 15) is 9.90 Å². The first-order chi connectivity index (χ1) is 9.01. The second-order valence-electron chi connectivity index (χ2n) is 5.07. The van der Waals surface area contributed by atoms with Crippen LogP contribution in [0.3, 0.4) is 0 Å². The average molecular weight is 259 g/mol. The zero-order valence-electron chi connectivity index (χ0n) is 12.1. The highest BCUT2D eigenvalue weighted by atomic mass is 16.4. The number of carbonyl (C=O) groups is 1. The highest BCUT2D eigenvalue weighted by Crippen LogP contribution is 2.30. The molecule has 19 heavy (non-hydrogen) atoms. The molecule has 1 N–H and O–H groups in total. The van der Waals surface area contributed by atoms with Crippen LogP contribution in [-0.2, 0) is 19.9 Å². The van der Waals surface area contributed by atoms with E-state index < -0.39 is 5.97 Å². The van der Waals surface area contributed by atoms with Crippen LogP contribution in [0.4, 0.5) is 0 Å². The number of aromatic carboxylic acids is 1. The van der Waals surface area contributed by atoms with Crippen molar-refractivity contribution in [2.45, 2.75) is 40.0 Å². The van der Waals surface area contributed by atoms with Crippen LogP contribution in [-0.4, -0.2) is 15.6 Å². The van der Waals surface area contributed by atoms with E-state index in [1.807, 2.05) is 11.6 Å². The molecule has 0 bridgehead atoms. The summed E-state index contributed by atoms with van der Waals surface area (Å²) in [6, 6.07) is 3.96. The van der Waals surface area contributed by atoms with E-state index in [1.165, 1.54) is 11.3 Å². The predicted molar refractivity (Wildman–Crippen MR) is 78.0 cm³/mol. The van der Waals surface area contributed by atoms with Gasteiger partial charge in [0.1, 0.15) is 0 Å². The summed E-state index contributed by atoms with van der Waals surface area (Å²) in [5, 5.41) is 10.6. The topological polar surface area (TPSA) is 42.2 Å². The lowest BCUT2D eigenvalue weighted by Crippen LogP contribution is -2.02. The first-order valence-electron chi connectivity index (χ1n) is 6.85. The number of carboxylic acid groups (broad SMARTS) is 1. The maximum absolute atomic E-state index is 11.5. The standard InChI is InChI=1S/C16H21NO2/c1-5-7-12-10(3)17(4)15-13(12)8-11(6-2)9-14(15)16(18)19/h8-9H,5-7H2,1-4H3,(H,18,19). The van der Waals surface area contributed by atoms with Crippen molar-refractivity contribution in [1.82, 2.24) is 4.57 Å². The molecular weight excluding hydrogens is 238 g/mol. The van der Waals surface area contributed by atoms with E-state index in [0.717, 1.165) is 35.7 Å². The van der Waals surface area contributed by atoms with Crippen molar-refractivity contribution < 1.29 is 9.90 Å². The van der Waals surface area contributed by atoms with Gasteiger partial charge in [0, 0.05) is 18.1 Å². The molecule has 3 nitrogen and oxygen atoms in total. The van der Waals surface area contributed by atoms with Gasteiger partial charge >= 0.3 is 5.97 Å². The highest BCUT2D eigenvalue weighted by molar-refractivity contribution is 6.04. The van der Waals surface area contributed by atoms with E-state index in [0.29, 0.717) is 5.56 Å². The molecule has 0 spiro atoms. The Labute approximate surface area is 113 Å². The molecule has 0 aliphatic rings. The third kappa shape index (κ3) is 2.14. The molecule has 2 aromatic rings. The highest BCUT2D eigenvalue weighted by Gasteiger charge is 2.18. The summed E-state index contributed by atoms with van der Waals surface area (Å²) in [6.07, 6.45) is 2.92. The predicted octanol–water partition coefficient (Wildman–Crippen LogP) is 3.70. The van der Waals surface area contributed by atoms with Gasteiger partial charge in [0.2, 0.25) is 0 Å². The number of hydrogen-bond acceptors (Lipinski definition) is 1. The molecular formula is C16H21NO2. The smallest absolute Gasteiger partial charge is 0.337 e. The number of nitrogens with zero attached hydrogens (tertiary/aromatic N) is 1. The van der Waals surface area contributed by atoms with Crippen LogP contribution in [0.15, 0.2) is 12.1 Å². The lowest BCUT2D eigenvalue weighted by molar-refractivity contribution is 0.0698. The van der Waals surface area contributed by atoms with Crippen LogP contribution in [0.25, 0.3) is 10.9 Å². The summed E-state index contributed by atoms with van der Waals surface area (Å²) in [6.45, 7) is 6.28. The fourth-order valence-corrected chi connectivity index (χ4v) is 2.78. The van der Waals surface area contributed by atoms with Gasteiger partial charge in [0.25, 0.3) is 0 Å².